The second-order valence-electron chi connectivity index (χ2n) is 7.17. The largest absolute Gasteiger partial charge is 0.506 e. The number of benzene rings is 3. The number of aromatic hydroxyl groups is 1. The van der Waals surface area contributed by atoms with Crippen molar-refractivity contribution in [1.29, 1.82) is 0 Å². The number of thioether (sulfide) groups is 1. The van der Waals surface area contributed by atoms with Gasteiger partial charge in [0.2, 0.25) is 5.91 Å². The number of nitro groups is 1. The molecule has 2 N–H and O–H groups in total. The molecule has 0 fully saturated rings. The van der Waals surface area contributed by atoms with Crippen molar-refractivity contribution in [2.75, 3.05) is 11.1 Å². The lowest BCUT2D eigenvalue weighted by molar-refractivity contribution is -0.384. The Morgan fingerprint density at radius 1 is 1.09 bits per heavy atom. The highest BCUT2D eigenvalue weighted by atomic mass is 35.5. The minimum Gasteiger partial charge on any atom is -0.506 e. The normalized spacial score (nSPS) is 10.7. The number of carbonyl (C=O) groups is 1. The van der Waals surface area contributed by atoms with Crippen molar-refractivity contribution >= 4 is 40.6 Å². The summed E-state index contributed by atoms with van der Waals surface area (Å²) in [7, 11) is 0. The number of amides is 1. The molecule has 0 atom stereocenters. The van der Waals surface area contributed by atoms with Crippen LogP contribution in [0.25, 0.3) is 5.69 Å². The summed E-state index contributed by atoms with van der Waals surface area (Å²) in [5.41, 5.74) is 1.68. The molecule has 0 aliphatic carbocycles. The number of anilines is 1. The van der Waals surface area contributed by atoms with E-state index < -0.39 is 10.8 Å². The monoisotopic (exact) mass is 495 g/mol. The van der Waals surface area contributed by atoms with E-state index in [1.807, 2.05) is 47.0 Å². The molecular weight excluding hydrogens is 478 g/mol. The zero-order chi connectivity index (χ0) is 24.1. The van der Waals surface area contributed by atoms with Crippen LogP contribution in [0.15, 0.2) is 78.0 Å². The highest BCUT2D eigenvalue weighted by Crippen LogP contribution is 2.29. The first-order valence-corrected chi connectivity index (χ1v) is 11.4. The molecule has 11 heteroatoms. The lowest BCUT2D eigenvalue weighted by Crippen LogP contribution is -2.15. The molecule has 0 spiro atoms. The summed E-state index contributed by atoms with van der Waals surface area (Å²) in [5.74, 6) is -0.121. The Labute approximate surface area is 203 Å². The Morgan fingerprint density at radius 2 is 1.82 bits per heavy atom. The van der Waals surface area contributed by atoms with Crippen LogP contribution in [-0.4, -0.2) is 36.5 Å². The molecule has 34 heavy (non-hydrogen) atoms. The second-order valence-corrected chi connectivity index (χ2v) is 8.55. The first-order valence-electron chi connectivity index (χ1n) is 10.0. The molecule has 0 saturated carbocycles. The second kappa shape index (κ2) is 10.4. The third kappa shape index (κ3) is 5.53. The molecule has 0 unspecified atom stereocenters. The van der Waals surface area contributed by atoms with E-state index in [0.717, 1.165) is 17.3 Å². The smallest absolute Gasteiger partial charge is 0.273 e. The van der Waals surface area contributed by atoms with Crippen LogP contribution in [0.1, 0.15) is 11.4 Å². The van der Waals surface area contributed by atoms with Crippen LogP contribution in [0, 0.1) is 10.1 Å². The Bertz CT molecular complexity index is 1330. The third-order valence-electron chi connectivity index (χ3n) is 4.79. The molecular formula is C23H18ClN5O4S. The SMILES string of the molecule is O=C(CSc1nnc(Cc2ccccc2)n1-c1ccc(Cl)cc1)Nc1ccc([N+](=O)[O-])cc1O. The van der Waals surface area contributed by atoms with E-state index in [9.17, 15) is 20.0 Å². The van der Waals surface area contributed by atoms with Gasteiger partial charge in [0.25, 0.3) is 5.69 Å². The molecule has 4 rings (SSSR count). The number of nitrogens with one attached hydrogen (secondary N) is 1. The topological polar surface area (TPSA) is 123 Å². The fraction of sp³-hybridized carbons (Fsp3) is 0.0870. The fourth-order valence-corrected chi connectivity index (χ4v) is 4.09. The maximum atomic E-state index is 12.5. The van der Waals surface area contributed by atoms with Crippen LogP contribution in [0.2, 0.25) is 5.02 Å². The van der Waals surface area contributed by atoms with Crippen molar-refractivity contribution < 1.29 is 14.8 Å². The van der Waals surface area contributed by atoms with Gasteiger partial charge in [0.15, 0.2) is 5.16 Å². The lowest BCUT2D eigenvalue weighted by Gasteiger charge is -2.11. The predicted molar refractivity (Wildman–Crippen MR) is 130 cm³/mol. The molecule has 0 aliphatic rings. The highest BCUT2D eigenvalue weighted by molar-refractivity contribution is 7.99. The van der Waals surface area contributed by atoms with Crippen LogP contribution in [0.3, 0.4) is 0 Å². The Balaban J connectivity index is 1.52. The molecule has 0 aliphatic heterocycles. The summed E-state index contributed by atoms with van der Waals surface area (Å²) in [5, 5.41) is 33.1. The highest BCUT2D eigenvalue weighted by Gasteiger charge is 2.17. The number of phenols is 1. The van der Waals surface area contributed by atoms with Gasteiger partial charge in [-0.2, -0.15) is 0 Å². The molecule has 0 radical (unpaired) electrons. The van der Waals surface area contributed by atoms with Crippen LogP contribution >= 0.6 is 23.4 Å². The van der Waals surface area contributed by atoms with Gasteiger partial charge >= 0.3 is 0 Å². The molecule has 1 amide bonds. The van der Waals surface area contributed by atoms with Crippen molar-refractivity contribution in [2.24, 2.45) is 0 Å². The number of aromatic nitrogens is 3. The van der Waals surface area contributed by atoms with Crippen LogP contribution in [0.5, 0.6) is 5.75 Å². The Morgan fingerprint density at radius 3 is 2.50 bits per heavy atom. The van der Waals surface area contributed by atoms with Crippen LogP contribution < -0.4 is 5.32 Å². The van der Waals surface area contributed by atoms with Gasteiger partial charge in [-0.15, -0.1) is 10.2 Å². The number of rotatable bonds is 8. The predicted octanol–water partition coefficient (Wildman–Crippen LogP) is 4.86. The standard InChI is InChI=1S/C23H18ClN5O4S/c24-16-6-8-17(9-7-16)28-21(12-15-4-2-1-3-5-15)26-27-23(28)34-14-22(31)25-19-11-10-18(29(32)33)13-20(19)30/h1-11,13,30H,12,14H2,(H,25,31). The summed E-state index contributed by atoms with van der Waals surface area (Å²) in [4.78, 5) is 22.7. The summed E-state index contributed by atoms with van der Waals surface area (Å²) < 4.78 is 1.87. The van der Waals surface area contributed by atoms with Gasteiger partial charge in [-0.3, -0.25) is 19.5 Å². The molecule has 172 valence electrons. The van der Waals surface area contributed by atoms with Gasteiger partial charge in [0.05, 0.1) is 22.4 Å². The van der Waals surface area contributed by atoms with Gasteiger partial charge in [0, 0.05) is 23.2 Å². The summed E-state index contributed by atoms with van der Waals surface area (Å²) >= 11 is 7.22. The summed E-state index contributed by atoms with van der Waals surface area (Å²) in [6.45, 7) is 0. The van der Waals surface area contributed by atoms with E-state index in [-0.39, 0.29) is 22.9 Å². The first-order chi connectivity index (χ1) is 16.4. The lowest BCUT2D eigenvalue weighted by atomic mass is 10.1. The van der Waals surface area contributed by atoms with E-state index >= 15 is 0 Å². The molecule has 1 heterocycles. The Hall–Kier alpha value is -3.89. The molecule has 0 saturated heterocycles. The van der Waals surface area contributed by atoms with Crippen molar-refractivity contribution in [3.05, 3.63) is 99.3 Å². The Kier molecular flexibility index (Phi) is 7.09. The maximum Gasteiger partial charge on any atom is 0.273 e. The number of nitrogens with zero attached hydrogens (tertiary/aromatic N) is 4. The zero-order valence-corrected chi connectivity index (χ0v) is 19.2. The summed E-state index contributed by atoms with van der Waals surface area (Å²) in [6.07, 6.45) is 0.542. The van der Waals surface area contributed by atoms with Gasteiger partial charge < -0.3 is 10.4 Å². The fourth-order valence-electron chi connectivity index (χ4n) is 3.19. The quantitative estimate of drug-likeness (QED) is 0.155. The molecule has 1 aromatic heterocycles. The number of non-ortho nitro benzene ring substituents is 1. The van der Waals surface area contributed by atoms with E-state index in [1.165, 1.54) is 23.9 Å². The van der Waals surface area contributed by atoms with Crippen molar-refractivity contribution in [1.82, 2.24) is 14.8 Å². The first kappa shape index (κ1) is 23.3. The molecule has 3 aromatic carbocycles. The van der Waals surface area contributed by atoms with E-state index in [0.29, 0.717) is 22.4 Å². The van der Waals surface area contributed by atoms with Gasteiger partial charge in [0.1, 0.15) is 11.6 Å². The number of hydrogen-bond donors (Lipinski definition) is 2. The van der Waals surface area contributed by atoms with Crippen molar-refractivity contribution in [3.63, 3.8) is 0 Å². The minimum absolute atomic E-state index is 0.0203. The van der Waals surface area contributed by atoms with Crippen LogP contribution in [-0.2, 0) is 11.2 Å². The average molecular weight is 496 g/mol. The number of carbonyl (C=O) groups excluding carboxylic acids is 1. The molecule has 9 nitrogen and oxygen atoms in total. The number of phenolic OH excluding ortho intramolecular Hbond substituents is 1. The average Bonchev–Trinajstić information content (AvgIpc) is 3.22. The van der Waals surface area contributed by atoms with Gasteiger partial charge in [-0.25, -0.2) is 0 Å². The maximum absolute atomic E-state index is 12.5. The van der Waals surface area contributed by atoms with E-state index in [2.05, 4.69) is 15.5 Å². The van der Waals surface area contributed by atoms with Gasteiger partial charge in [-0.1, -0.05) is 53.7 Å². The van der Waals surface area contributed by atoms with Crippen LogP contribution in [0.4, 0.5) is 11.4 Å². The zero-order valence-electron chi connectivity index (χ0n) is 17.6. The van der Waals surface area contributed by atoms with Crippen molar-refractivity contribution in [3.8, 4) is 11.4 Å². The molecule has 4 aromatic rings. The van der Waals surface area contributed by atoms with E-state index in [4.69, 9.17) is 11.6 Å². The number of halogens is 1. The number of nitro benzene ring substituents is 1. The van der Waals surface area contributed by atoms with Gasteiger partial charge in [-0.05, 0) is 35.9 Å². The summed E-state index contributed by atoms with van der Waals surface area (Å²) in [6, 6.07) is 20.5. The number of hydrogen-bond acceptors (Lipinski definition) is 7. The molecule has 0 bridgehead atoms. The third-order valence-corrected chi connectivity index (χ3v) is 5.97. The van der Waals surface area contributed by atoms with Crippen molar-refractivity contribution in [2.45, 2.75) is 11.6 Å². The minimum atomic E-state index is -0.627. The van der Waals surface area contributed by atoms with E-state index in [1.54, 1.807) is 12.1 Å².